The Morgan fingerprint density at radius 2 is 1.59 bits per heavy atom. The van der Waals surface area contributed by atoms with Crippen LogP contribution in [0.25, 0.3) is 0 Å². The van der Waals surface area contributed by atoms with E-state index in [0.717, 1.165) is 11.1 Å². The predicted octanol–water partition coefficient (Wildman–Crippen LogP) is 2.29. The van der Waals surface area contributed by atoms with Crippen LogP contribution < -0.4 is 21.6 Å². The SMILES string of the molecule is C=C(NCCCC(NC(=O)c1cccn(C(c2ccccc2)c2ccccc2)c1=O)C(=O)O)N[N+](=O)[O-]. The molecule has 0 aliphatic heterocycles. The maximum Gasteiger partial charge on any atom is 0.326 e. The number of nitrogens with zero attached hydrogens (tertiary/aromatic N) is 2. The predicted molar refractivity (Wildman–Crippen MR) is 136 cm³/mol. The van der Waals surface area contributed by atoms with Crippen molar-refractivity contribution in [2.75, 3.05) is 6.54 Å². The van der Waals surface area contributed by atoms with Crippen LogP contribution >= 0.6 is 0 Å². The van der Waals surface area contributed by atoms with Crippen molar-refractivity contribution in [3.63, 3.8) is 0 Å². The topological polar surface area (TPSA) is 156 Å². The molecule has 1 atom stereocenters. The first-order valence-electron chi connectivity index (χ1n) is 11.5. The molecule has 1 aromatic heterocycles. The molecule has 11 nitrogen and oxygen atoms in total. The molecule has 0 saturated carbocycles. The molecule has 0 saturated heterocycles. The molecule has 11 heteroatoms. The van der Waals surface area contributed by atoms with Crippen LogP contribution in [0.15, 0.2) is 96.2 Å². The van der Waals surface area contributed by atoms with E-state index in [1.165, 1.54) is 10.6 Å². The lowest BCUT2D eigenvalue weighted by Gasteiger charge is -2.22. The Balaban J connectivity index is 1.79. The number of carboxylic acids is 1. The smallest absolute Gasteiger partial charge is 0.326 e. The molecule has 0 bridgehead atoms. The highest BCUT2D eigenvalue weighted by molar-refractivity contribution is 5.96. The van der Waals surface area contributed by atoms with Crippen molar-refractivity contribution in [1.82, 2.24) is 20.6 Å². The number of pyridine rings is 1. The van der Waals surface area contributed by atoms with Gasteiger partial charge in [-0.05, 0) is 36.1 Å². The van der Waals surface area contributed by atoms with Crippen LogP contribution in [0.5, 0.6) is 0 Å². The summed E-state index contributed by atoms with van der Waals surface area (Å²) >= 11 is 0. The molecule has 0 radical (unpaired) electrons. The molecule has 37 heavy (non-hydrogen) atoms. The van der Waals surface area contributed by atoms with E-state index in [0.29, 0.717) is 0 Å². The van der Waals surface area contributed by atoms with E-state index < -0.39 is 34.6 Å². The van der Waals surface area contributed by atoms with Gasteiger partial charge in [0.1, 0.15) is 11.6 Å². The number of hydrogen-bond acceptors (Lipinski definition) is 6. The molecule has 3 rings (SSSR count). The molecule has 1 unspecified atom stereocenters. The molecule has 0 aliphatic rings. The first-order chi connectivity index (χ1) is 17.8. The van der Waals surface area contributed by atoms with Gasteiger partial charge in [0.05, 0.1) is 6.04 Å². The third kappa shape index (κ3) is 7.28. The molecule has 2 aromatic carbocycles. The number of carboxylic acid groups (broad SMARTS) is 1. The number of carbonyl (C=O) groups is 2. The second-order valence-corrected chi connectivity index (χ2v) is 8.14. The van der Waals surface area contributed by atoms with Crippen molar-refractivity contribution in [1.29, 1.82) is 0 Å². The van der Waals surface area contributed by atoms with Crippen molar-refractivity contribution < 1.29 is 19.7 Å². The van der Waals surface area contributed by atoms with Gasteiger partial charge in [0.25, 0.3) is 11.5 Å². The highest BCUT2D eigenvalue weighted by Gasteiger charge is 2.24. The van der Waals surface area contributed by atoms with Crippen molar-refractivity contribution in [3.05, 3.63) is 129 Å². The number of aromatic nitrogens is 1. The minimum atomic E-state index is -1.27. The zero-order valence-electron chi connectivity index (χ0n) is 19.9. The fraction of sp³-hybridized carbons (Fsp3) is 0.192. The minimum absolute atomic E-state index is 0.0253. The van der Waals surface area contributed by atoms with Crippen molar-refractivity contribution in [2.24, 2.45) is 0 Å². The van der Waals surface area contributed by atoms with Gasteiger partial charge in [-0.3, -0.25) is 9.59 Å². The van der Waals surface area contributed by atoms with Gasteiger partial charge in [-0.1, -0.05) is 72.7 Å². The van der Waals surface area contributed by atoms with Crippen molar-refractivity contribution in [3.8, 4) is 0 Å². The first kappa shape index (κ1) is 26.7. The summed E-state index contributed by atoms with van der Waals surface area (Å²) < 4.78 is 1.45. The highest BCUT2D eigenvalue weighted by Crippen LogP contribution is 2.25. The lowest BCUT2D eigenvalue weighted by atomic mass is 9.98. The molecule has 4 N–H and O–H groups in total. The Kier molecular flexibility index (Phi) is 9.14. The lowest BCUT2D eigenvalue weighted by molar-refractivity contribution is -0.536. The molecular formula is C26H27N5O6. The summed E-state index contributed by atoms with van der Waals surface area (Å²) in [7, 11) is 0. The number of carbonyl (C=O) groups excluding carboxylic acids is 1. The lowest BCUT2D eigenvalue weighted by Crippen LogP contribution is -2.44. The zero-order valence-corrected chi connectivity index (χ0v) is 19.9. The van der Waals surface area contributed by atoms with Crippen molar-refractivity contribution in [2.45, 2.75) is 24.9 Å². The normalized spacial score (nSPS) is 11.4. The number of amides is 1. The van der Waals surface area contributed by atoms with E-state index in [-0.39, 0.29) is 30.8 Å². The summed E-state index contributed by atoms with van der Waals surface area (Å²) in [6.07, 6.45) is 1.88. The molecule has 0 fully saturated rings. The summed E-state index contributed by atoms with van der Waals surface area (Å²) in [5.41, 5.74) is 2.78. The Hall–Kier alpha value is -4.93. The van der Waals surface area contributed by atoms with Gasteiger partial charge in [-0.15, -0.1) is 0 Å². The van der Waals surface area contributed by atoms with E-state index in [9.17, 15) is 29.6 Å². The van der Waals surface area contributed by atoms with E-state index in [1.54, 1.807) is 12.3 Å². The fourth-order valence-corrected chi connectivity index (χ4v) is 3.86. The van der Waals surface area contributed by atoms with Gasteiger partial charge in [-0.2, -0.15) is 0 Å². The molecule has 1 amide bonds. The van der Waals surface area contributed by atoms with Crippen LogP contribution in [0.4, 0.5) is 0 Å². The number of benzene rings is 2. The third-order valence-corrected chi connectivity index (χ3v) is 5.57. The van der Waals surface area contributed by atoms with E-state index in [2.05, 4.69) is 17.2 Å². The summed E-state index contributed by atoms with van der Waals surface area (Å²) in [6, 6.07) is 19.9. The average molecular weight is 506 g/mol. The fourth-order valence-electron chi connectivity index (χ4n) is 3.86. The number of nitrogens with one attached hydrogen (secondary N) is 3. The van der Waals surface area contributed by atoms with Crippen LogP contribution in [0, 0.1) is 10.1 Å². The minimum Gasteiger partial charge on any atom is -0.480 e. The Morgan fingerprint density at radius 3 is 2.14 bits per heavy atom. The molecule has 3 aromatic rings. The van der Waals surface area contributed by atoms with Crippen LogP contribution in [0.3, 0.4) is 0 Å². The number of hydrogen-bond donors (Lipinski definition) is 4. The Bertz CT molecular complexity index is 1270. The van der Waals surface area contributed by atoms with Gasteiger partial charge in [0, 0.05) is 12.7 Å². The van der Waals surface area contributed by atoms with Crippen molar-refractivity contribution >= 4 is 11.9 Å². The molecule has 0 aliphatic carbocycles. The molecule has 0 spiro atoms. The van der Waals surface area contributed by atoms with Gasteiger partial charge >= 0.3 is 5.97 Å². The van der Waals surface area contributed by atoms with E-state index in [1.807, 2.05) is 66.1 Å². The number of hydrazine groups is 1. The standard InChI is InChI=1S/C26H27N5O6/c1-18(29-31(36)37)27-16-8-15-22(26(34)35)28-24(32)21-14-9-17-30(25(21)33)23(19-10-4-2-5-11-19)20-12-6-3-7-13-20/h2-7,9-14,17,22-23,27,29H,1,8,15-16H2,(H,28,32)(H,34,35). The Morgan fingerprint density at radius 1 is 1.00 bits per heavy atom. The number of rotatable bonds is 13. The maximum atomic E-state index is 13.4. The molecular weight excluding hydrogens is 478 g/mol. The van der Waals surface area contributed by atoms with Gasteiger partial charge in [-0.25, -0.2) is 14.9 Å². The quantitative estimate of drug-likeness (QED) is 0.157. The van der Waals surface area contributed by atoms with Crippen LogP contribution in [0.2, 0.25) is 0 Å². The summed E-state index contributed by atoms with van der Waals surface area (Å²) in [4.78, 5) is 48.6. The number of nitro groups is 1. The molecule has 192 valence electrons. The zero-order chi connectivity index (χ0) is 26.8. The number of aliphatic carboxylic acids is 1. The summed E-state index contributed by atoms with van der Waals surface area (Å²) in [5, 5.41) is 24.2. The molecule has 1 heterocycles. The third-order valence-electron chi connectivity index (χ3n) is 5.57. The monoisotopic (exact) mass is 505 g/mol. The maximum absolute atomic E-state index is 13.4. The van der Waals surface area contributed by atoms with Crippen LogP contribution in [-0.4, -0.2) is 39.2 Å². The first-order valence-corrected chi connectivity index (χ1v) is 11.5. The highest BCUT2D eigenvalue weighted by atomic mass is 16.7. The second kappa shape index (κ2) is 12.7. The van der Waals surface area contributed by atoms with Gasteiger partial charge in [0.2, 0.25) is 0 Å². The summed E-state index contributed by atoms with van der Waals surface area (Å²) in [6.45, 7) is 3.61. The summed E-state index contributed by atoms with van der Waals surface area (Å²) in [5.74, 6) is -2.12. The largest absolute Gasteiger partial charge is 0.480 e. The Labute approximate surface area is 212 Å². The van der Waals surface area contributed by atoms with Crippen LogP contribution in [0.1, 0.15) is 40.4 Å². The van der Waals surface area contributed by atoms with Gasteiger partial charge < -0.3 is 20.3 Å². The van der Waals surface area contributed by atoms with Crippen LogP contribution in [-0.2, 0) is 4.79 Å². The van der Waals surface area contributed by atoms with E-state index >= 15 is 0 Å². The average Bonchev–Trinajstić information content (AvgIpc) is 2.87. The van der Waals surface area contributed by atoms with Gasteiger partial charge in [0.15, 0.2) is 10.9 Å². The second-order valence-electron chi connectivity index (χ2n) is 8.14. The van der Waals surface area contributed by atoms with E-state index in [4.69, 9.17) is 0 Å².